The number of carbonyl (C=O) groups is 2. The van der Waals surface area contributed by atoms with Gasteiger partial charge in [-0.1, -0.05) is 0 Å². The van der Waals surface area contributed by atoms with Crippen LogP contribution in [0.2, 0.25) is 0 Å². The Balaban J connectivity index is 0.000000196. The zero-order valence-electron chi connectivity index (χ0n) is 29.1. The number of nitriles is 4. The summed E-state index contributed by atoms with van der Waals surface area (Å²) in [5.41, 5.74) is 6.76. The van der Waals surface area contributed by atoms with Crippen molar-refractivity contribution in [1.82, 2.24) is 29.9 Å². The Morgan fingerprint density at radius 3 is 1.81 bits per heavy atom. The van der Waals surface area contributed by atoms with Crippen LogP contribution in [0, 0.1) is 59.2 Å². The highest BCUT2D eigenvalue weighted by Crippen LogP contribution is 2.22. The maximum absolute atomic E-state index is 11.9. The van der Waals surface area contributed by atoms with Crippen LogP contribution in [0.5, 0.6) is 0 Å². The molecule has 0 saturated heterocycles. The molecule has 14 nitrogen and oxygen atoms in total. The topological polar surface area (TPSA) is 220 Å². The van der Waals surface area contributed by atoms with Crippen molar-refractivity contribution in [3.05, 3.63) is 117 Å². The van der Waals surface area contributed by atoms with Crippen LogP contribution in [-0.2, 0) is 21.9 Å². The number of esters is 2. The average Bonchev–Trinajstić information content (AvgIpc) is 3.82. The monoisotopic (exact) mass is 726 g/mol. The zero-order chi connectivity index (χ0) is 38.5. The standard InChI is InChI=1S/C19H15N5O2.C12H9ClN2.C7H7N3O2/c1-3-26-19(25)16-11-24(23-17(16)8-21)10-13-5-14-4-12(2)9-22-18(14)15(6-13)7-20;1-8-2-10-3-9(5-13)4-11(6-14)12(10)15-7-8;1-2-12-7(11)5-4-9-10-6(5)3-8/h4-6,9,11H,3,10H2,1-2H3;2-4,7H,5H2,1H3;4H,2H2,1H3,(H,9,10). The first-order valence-electron chi connectivity index (χ1n) is 16.0. The number of ether oxygens (including phenoxy) is 2. The van der Waals surface area contributed by atoms with E-state index < -0.39 is 11.9 Å². The van der Waals surface area contributed by atoms with Crippen LogP contribution in [0.4, 0.5) is 0 Å². The molecule has 0 spiro atoms. The largest absolute Gasteiger partial charge is 0.462 e. The highest BCUT2D eigenvalue weighted by molar-refractivity contribution is 6.17. The number of nitrogens with one attached hydrogen (secondary N) is 1. The molecule has 0 aliphatic heterocycles. The molecule has 264 valence electrons. The van der Waals surface area contributed by atoms with E-state index in [2.05, 4.69) is 42.1 Å². The highest BCUT2D eigenvalue weighted by atomic mass is 35.5. The number of aromatic nitrogens is 6. The molecule has 4 aromatic heterocycles. The lowest BCUT2D eigenvalue weighted by Crippen LogP contribution is -2.05. The fraction of sp³-hybridized carbons (Fsp3) is 0.211. The summed E-state index contributed by atoms with van der Waals surface area (Å²) < 4.78 is 11.1. The number of carbonyl (C=O) groups excluding carboxylic acids is 2. The summed E-state index contributed by atoms with van der Waals surface area (Å²) in [6.45, 7) is 8.13. The summed E-state index contributed by atoms with van der Waals surface area (Å²) in [5, 5.41) is 48.0. The van der Waals surface area contributed by atoms with Crippen LogP contribution in [0.15, 0.2) is 61.2 Å². The third-order valence-electron chi connectivity index (χ3n) is 7.31. The van der Waals surface area contributed by atoms with E-state index in [0.717, 1.165) is 38.5 Å². The number of rotatable bonds is 7. The van der Waals surface area contributed by atoms with Crippen molar-refractivity contribution < 1.29 is 19.1 Å². The molecule has 6 aromatic rings. The van der Waals surface area contributed by atoms with Crippen LogP contribution < -0.4 is 0 Å². The van der Waals surface area contributed by atoms with E-state index in [-0.39, 0.29) is 35.7 Å². The Kier molecular flexibility index (Phi) is 13.3. The summed E-state index contributed by atoms with van der Waals surface area (Å²) in [6, 6.07) is 19.4. The first-order valence-corrected chi connectivity index (χ1v) is 16.5. The highest BCUT2D eigenvalue weighted by Gasteiger charge is 2.18. The second-order valence-electron chi connectivity index (χ2n) is 11.2. The van der Waals surface area contributed by atoms with Gasteiger partial charge in [-0.3, -0.25) is 19.7 Å². The average molecular weight is 727 g/mol. The molecule has 0 saturated carbocycles. The van der Waals surface area contributed by atoms with Crippen molar-refractivity contribution in [3.63, 3.8) is 0 Å². The van der Waals surface area contributed by atoms with Gasteiger partial charge >= 0.3 is 11.9 Å². The predicted octanol–water partition coefficient (Wildman–Crippen LogP) is 6.32. The number of nitrogens with zero attached hydrogens (tertiary/aromatic N) is 9. The van der Waals surface area contributed by atoms with Crippen molar-refractivity contribution in [1.29, 1.82) is 21.0 Å². The lowest BCUT2D eigenvalue weighted by molar-refractivity contribution is 0.0516. The number of benzene rings is 2. The van der Waals surface area contributed by atoms with E-state index in [1.54, 1.807) is 44.4 Å². The molecule has 0 fully saturated rings. The molecule has 6 rings (SSSR count). The number of hydrogen-bond donors (Lipinski definition) is 1. The Hall–Kier alpha value is -7.13. The molecule has 0 atom stereocenters. The number of H-pyrrole nitrogens is 1. The first kappa shape index (κ1) is 38.7. The van der Waals surface area contributed by atoms with Gasteiger partial charge in [0.2, 0.25) is 0 Å². The van der Waals surface area contributed by atoms with Crippen LogP contribution in [0.25, 0.3) is 21.8 Å². The van der Waals surface area contributed by atoms with Crippen LogP contribution in [-0.4, -0.2) is 55.1 Å². The maximum Gasteiger partial charge on any atom is 0.342 e. The lowest BCUT2D eigenvalue weighted by Gasteiger charge is -2.06. The Bertz CT molecular complexity index is 2480. The smallest absolute Gasteiger partial charge is 0.342 e. The maximum atomic E-state index is 11.9. The molecule has 0 aliphatic carbocycles. The van der Waals surface area contributed by atoms with Crippen molar-refractivity contribution in [2.45, 2.75) is 40.1 Å². The van der Waals surface area contributed by atoms with E-state index in [1.807, 2.05) is 44.2 Å². The number of aryl methyl sites for hydroxylation is 2. The van der Waals surface area contributed by atoms with E-state index in [1.165, 1.54) is 17.1 Å². The second kappa shape index (κ2) is 18.2. The van der Waals surface area contributed by atoms with E-state index in [4.69, 9.17) is 26.9 Å². The zero-order valence-corrected chi connectivity index (χ0v) is 29.9. The van der Waals surface area contributed by atoms with E-state index >= 15 is 0 Å². The summed E-state index contributed by atoms with van der Waals surface area (Å²) >= 11 is 5.77. The van der Waals surface area contributed by atoms with Gasteiger partial charge in [0.15, 0.2) is 5.69 Å². The van der Waals surface area contributed by atoms with Gasteiger partial charge < -0.3 is 9.47 Å². The molecular weight excluding hydrogens is 696 g/mol. The molecular formula is C38H31ClN10O4. The van der Waals surface area contributed by atoms with Gasteiger partial charge in [0, 0.05) is 35.2 Å². The predicted molar refractivity (Wildman–Crippen MR) is 193 cm³/mol. The minimum absolute atomic E-state index is 0.0160. The molecule has 0 aliphatic rings. The molecule has 0 radical (unpaired) electrons. The van der Waals surface area contributed by atoms with Crippen molar-refractivity contribution >= 4 is 45.3 Å². The minimum Gasteiger partial charge on any atom is -0.462 e. The van der Waals surface area contributed by atoms with Gasteiger partial charge in [-0.15, -0.1) is 11.6 Å². The summed E-state index contributed by atoms with van der Waals surface area (Å²) in [5.74, 6) is -0.687. The minimum atomic E-state index is -0.577. The van der Waals surface area contributed by atoms with E-state index in [9.17, 15) is 20.1 Å². The molecule has 0 unspecified atom stereocenters. The van der Waals surface area contributed by atoms with Gasteiger partial charge in [0.05, 0.1) is 48.1 Å². The molecule has 4 heterocycles. The number of fused-ring (bicyclic) bond motifs is 2. The van der Waals surface area contributed by atoms with Crippen molar-refractivity contribution in [2.24, 2.45) is 0 Å². The van der Waals surface area contributed by atoms with E-state index in [0.29, 0.717) is 29.1 Å². The Morgan fingerprint density at radius 2 is 1.30 bits per heavy atom. The van der Waals surface area contributed by atoms with Gasteiger partial charge in [-0.2, -0.15) is 31.2 Å². The lowest BCUT2D eigenvalue weighted by atomic mass is 10.0. The number of halogens is 1. The molecule has 2 aromatic carbocycles. The number of aromatic amines is 1. The third-order valence-corrected chi connectivity index (χ3v) is 7.62. The van der Waals surface area contributed by atoms with Crippen LogP contribution >= 0.6 is 11.6 Å². The number of alkyl halides is 1. The fourth-order valence-electron chi connectivity index (χ4n) is 5.05. The summed E-state index contributed by atoms with van der Waals surface area (Å²) in [6.07, 6.45) is 6.25. The number of pyridine rings is 2. The Morgan fingerprint density at radius 1 is 0.755 bits per heavy atom. The molecule has 0 bridgehead atoms. The molecule has 15 heteroatoms. The third kappa shape index (κ3) is 9.56. The van der Waals surface area contributed by atoms with Crippen LogP contribution in [0.1, 0.15) is 79.3 Å². The van der Waals surface area contributed by atoms with Crippen molar-refractivity contribution in [3.8, 4) is 24.3 Å². The number of hydrogen-bond acceptors (Lipinski definition) is 12. The van der Waals surface area contributed by atoms with Gasteiger partial charge in [0.25, 0.3) is 0 Å². The molecule has 0 amide bonds. The quantitative estimate of drug-likeness (QED) is 0.141. The van der Waals surface area contributed by atoms with Gasteiger partial charge in [-0.05, 0) is 86.3 Å². The fourth-order valence-corrected chi connectivity index (χ4v) is 5.20. The van der Waals surface area contributed by atoms with Gasteiger partial charge in [0.1, 0.15) is 41.1 Å². The first-order chi connectivity index (χ1) is 25.6. The second-order valence-corrected chi connectivity index (χ2v) is 11.5. The van der Waals surface area contributed by atoms with Crippen LogP contribution in [0.3, 0.4) is 0 Å². The normalized spacial score (nSPS) is 9.98. The summed E-state index contributed by atoms with van der Waals surface area (Å²) in [4.78, 5) is 31.6. The SMILES string of the molecule is CCOC(=O)c1cn(Cc2cc(C#N)c3ncc(C)cc3c2)nc1C#N.CCOC(=O)c1cn[nH]c1C#N.Cc1cnc2c(C#N)cc(CCl)cc2c1. The van der Waals surface area contributed by atoms with Crippen molar-refractivity contribution in [2.75, 3.05) is 13.2 Å². The molecule has 1 N–H and O–H groups in total. The summed E-state index contributed by atoms with van der Waals surface area (Å²) in [7, 11) is 0. The molecule has 53 heavy (non-hydrogen) atoms. The Labute approximate surface area is 309 Å². The van der Waals surface area contributed by atoms with Gasteiger partial charge in [-0.25, -0.2) is 9.59 Å².